The summed E-state index contributed by atoms with van der Waals surface area (Å²) in [5.74, 6) is 1.74. The van der Waals surface area contributed by atoms with Gasteiger partial charge in [0.05, 0.1) is 22.8 Å². The molecule has 2 fully saturated rings. The Morgan fingerprint density at radius 1 is 0.940 bits per heavy atom. The number of nitrogens with zero attached hydrogens (tertiary/aromatic N) is 1. The monoisotopic (exact) mass is 728 g/mol. The lowest BCUT2D eigenvalue weighted by molar-refractivity contribution is -0.124. The second-order valence-corrected chi connectivity index (χ2v) is 16.5. The van der Waals surface area contributed by atoms with Crippen molar-refractivity contribution in [1.82, 2.24) is 31.5 Å². The third-order valence-corrected chi connectivity index (χ3v) is 11.8. The molecule has 0 saturated carbocycles. The largest absolute Gasteiger partial charge is 0.448 e. The van der Waals surface area contributed by atoms with E-state index in [4.69, 9.17) is 4.74 Å². The fourth-order valence-corrected chi connectivity index (χ4v) is 8.33. The number of likely N-dealkylation sites (N-methyl/N-ethyl adjacent to an activating group) is 1. The third kappa shape index (κ3) is 13.0. The molecule has 276 valence electrons. The number of amides is 4. The van der Waals surface area contributed by atoms with Crippen molar-refractivity contribution in [1.29, 1.82) is 0 Å². The molecule has 0 spiro atoms. The van der Waals surface area contributed by atoms with Gasteiger partial charge in [-0.2, -0.15) is 0 Å². The number of aliphatic hydroxyl groups is 1. The number of alkyl carbamates (subject to hydrolysis) is 1. The average Bonchev–Trinajstić information content (AvgIpc) is 3.79. The zero-order chi connectivity index (χ0) is 36.0. The molecular formula is C37H56N6O5S2. The molecule has 2 saturated heterocycles. The average molecular weight is 729 g/mol. The highest BCUT2D eigenvalue weighted by Gasteiger charge is 2.32. The van der Waals surface area contributed by atoms with Crippen LogP contribution in [0.15, 0.2) is 60.7 Å². The molecule has 11 nitrogen and oxygen atoms in total. The summed E-state index contributed by atoms with van der Waals surface area (Å²) in [6, 6.07) is 17.4. The summed E-state index contributed by atoms with van der Waals surface area (Å²) in [4.78, 5) is 41.8. The highest BCUT2D eigenvalue weighted by Crippen LogP contribution is 2.25. The smallest absolute Gasteiger partial charge is 0.407 e. The van der Waals surface area contributed by atoms with Crippen molar-refractivity contribution in [3.8, 4) is 0 Å². The zero-order valence-electron chi connectivity index (χ0n) is 30.0. The van der Waals surface area contributed by atoms with Crippen LogP contribution in [0.1, 0.15) is 45.2 Å². The predicted octanol–water partition coefficient (Wildman–Crippen LogP) is 3.82. The number of hydrogen-bond donors (Lipinski definition) is 6. The van der Waals surface area contributed by atoms with Gasteiger partial charge in [-0.15, -0.1) is 23.5 Å². The zero-order valence-corrected chi connectivity index (χ0v) is 31.6. The number of carbonyl (C=O) groups is 3. The molecule has 0 aliphatic carbocycles. The minimum Gasteiger partial charge on any atom is -0.448 e. The van der Waals surface area contributed by atoms with Crippen molar-refractivity contribution in [2.24, 2.45) is 11.8 Å². The minimum absolute atomic E-state index is 0.168. The second-order valence-electron chi connectivity index (χ2n) is 14.0. The van der Waals surface area contributed by atoms with Gasteiger partial charge in [0.1, 0.15) is 12.6 Å². The molecule has 6 N–H and O–H groups in total. The number of rotatable bonds is 17. The van der Waals surface area contributed by atoms with Crippen molar-refractivity contribution >= 4 is 41.6 Å². The number of carbonyl (C=O) groups excluding carboxylic acids is 3. The van der Waals surface area contributed by atoms with Crippen LogP contribution in [0.25, 0.3) is 0 Å². The van der Waals surface area contributed by atoms with E-state index in [2.05, 4.69) is 40.4 Å². The van der Waals surface area contributed by atoms with Gasteiger partial charge in [0.15, 0.2) is 0 Å². The molecule has 7 atom stereocenters. The molecule has 2 aromatic carbocycles. The van der Waals surface area contributed by atoms with Crippen LogP contribution in [-0.4, -0.2) is 107 Å². The molecule has 13 heteroatoms. The SMILES string of the molecule is CC(C)C1NC(CN(C)C(=O)NC(C(=O)NC(Cc2ccccc2)CC(O)C(Cc2ccccc2)NC(=O)OCC2CNCS2)C(C)C)CS1. The fourth-order valence-electron chi connectivity index (χ4n) is 6.14. The molecule has 0 bridgehead atoms. The van der Waals surface area contributed by atoms with Gasteiger partial charge in [0, 0.05) is 43.9 Å². The van der Waals surface area contributed by atoms with Gasteiger partial charge in [-0.1, -0.05) is 88.4 Å². The molecule has 50 heavy (non-hydrogen) atoms. The molecule has 2 aliphatic heterocycles. The highest BCUT2D eigenvalue weighted by molar-refractivity contribution is 8.00. The van der Waals surface area contributed by atoms with Gasteiger partial charge >= 0.3 is 12.1 Å². The molecule has 2 heterocycles. The number of nitrogens with one attached hydrogen (secondary N) is 5. The Balaban J connectivity index is 1.43. The fraction of sp³-hybridized carbons (Fsp3) is 0.595. The molecule has 2 aliphatic rings. The van der Waals surface area contributed by atoms with Crippen LogP contribution < -0.4 is 26.6 Å². The van der Waals surface area contributed by atoms with E-state index in [9.17, 15) is 19.5 Å². The summed E-state index contributed by atoms with van der Waals surface area (Å²) in [6.45, 7) is 9.76. The van der Waals surface area contributed by atoms with Crippen LogP contribution in [0.3, 0.4) is 0 Å². The Morgan fingerprint density at radius 2 is 1.60 bits per heavy atom. The summed E-state index contributed by atoms with van der Waals surface area (Å²) in [7, 11) is 1.75. The van der Waals surface area contributed by atoms with Crippen LogP contribution in [0.4, 0.5) is 9.59 Å². The molecular weight excluding hydrogens is 673 g/mol. The first-order chi connectivity index (χ1) is 24.0. The summed E-state index contributed by atoms with van der Waals surface area (Å²) in [5.41, 5.74) is 1.94. The van der Waals surface area contributed by atoms with E-state index in [0.717, 1.165) is 29.3 Å². The van der Waals surface area contributed by atoms with E-state index in [1.165, 1.54) is 0 Å². The van der Waals surface area contributed by atoms with Gasteiger partial charge < -0.3 is 36.0 Å². The summed E-state index contributed by atoms with van der Waals surface area (Å²) < 4.78 is 5.54. The molecule has 4 amide bonds. The third-order valence-electron chi connectivity index (χ3n) is 9.01. The first-order valence-corrected chi connectivity index (χ1v) is 19.8. The Morgan fingerprint density at radius 3 is 2.18 bits per heavy atom. The predicted molar refractivity (Wildman–Crippen MR) is 203 cm³/mol. The van der Waals surface area contributed by atoms with E-state index < -0.39 is 30.3 Å². The maximum atomic E-state index is 13.9. The number of aliphatic hydroxyl groups excluding tert-OH is 1. The summed E-state index contributed by atoms with van der Waals surface area (Å²) >= 11 is 3.58. The van der Waals surface area contributed by atoms with E-state index in [0.29, 0.717) is 30.7 Å². The Labute approximate surface area is 306 Å². The van der Waals surface area contributed by atoms with Crippen molar-refractivity contribution in [3.05, 3.63) is 71.8 Å². The molecule has 0 aromatic heterocycles. The number of thioether (sulfide) groups is 2. The second kappa shape index (κ2) is 20.2. The van der Waals surface area contributed by atoms with Gasteiger partial charge in [-0.05, 0) is 42.2 Å². The minimum atomic E-state index is -1.01. The lowest BCUT2D eigenvalue weighted by Gasteiger charge is -2.31. The highest BCUT2D eigenvalue weighted by atomic mass is 32.2. The van der Waals surface area contributed by atoms with Crippen molar-refractivity contribution in [2.45, 2.75) is 87.9 Å². The standard InChI is InChI=1S/C37H56N6O5S2/c1-24(2)33(42-36(46)43(5)20-29-22-49-35(40-29)25(3)4)34(45)39-28(16-26-12-8-6-9-13-26)18-32(44)31(17-27-14-10-7-11-15-27)41-37(47)48-21-30-19-38-23-50-30/h6-15,24-25,28-33,35,38,40,44H,16-23H2,1-5H3,(H,39,45)(H,41,47)(H,42,46). The number of urea groups is 1. The molecule has 7 unspecified atom stereocenters. The topological polar surface area (TPSA) is 144 Å². The van der Waals surface area contributed by atoms with Crippen molar-refractivity contribution in [2.75, 3.05) is 38.4 Å². The first-order valence-electron chi connectivity index (χ1n) is 17.7. The van der Waals surface area contributed by atoms with E-state index in [1.807, 2.05) is 86.3 Å². The number of hydrogen-bond acceptors (Lipinski definition) is 9. The van der Waals surface area contributed by atoms with Crippen LogP contribution in [0.2, 0.25) is 0 Å². The number of ether oxygens (including phenoxy) is 1. The Hall–Kier alpha value is -2.97. The van der Waals surface area contributed by atoms with Crippen LogP contribution >= 0.6 is 23.5 Å². The van der Waals surface area contributed by atoms with E-state index in [1.54, 1.807) is 23.7 Å². The van der Waals surface area contributed by atoms with Crippen LogP contribution in [-0.2, 0) is 22.4 Å². The number of benzene rings is 2. The van der Waals surface area contributed by atoms with Crippen molar-refractivity contribution in [3.63, 3.8) is 0 Å². The lowest BCUT2D eigenvalue weighted by Crippen LogP contribution is -2.56. The van der Waals surface area contributed by atoms with Gasteiger partial charge in [-0.3, -0.25) is 10.1 Å². The van der Waals surface area contributed by atoms with Gasteiger partial charge in [0.2, 0.25) is 5.91 Å². The maximum absolute atomic E-state index is 13.9. The molecule has 2 aromatic rings. The van der Waals surface area contributed by atoms with Crippen molar-refractivity contribution < 1.29 is 24.2 Å². The molecule has 4 rings (SSSR count). The van der Waals surface area contributed by atoms with Gasteiger partial charge in [0.25, 0.3) is 0 Å². The summed E-state index contributed by atoms with van der Waals surface area (Å²) in [6.07, 6.45) is -0.588. The van der Waals surface area contributed by atoms with Crippen LogP contribution in [0, 0.1) is 11.8 Å². The van der Waals surface area contributed by atoms with E-state index >= 15 is 0 Å². The Bertz CT molecular complexity index is 1330. The first kappa shape index (κ1) is 39.8. The maximum Gasteiger partial charge on any atom is 0.407 e. The Kier molecular flexibility index (Phi) is 16.1. The van der Waals surface area contributed by atoms with E-state index in [-0.39, 0.29) is 42.2 Å². The quantitative estimate of drug-likeness (QED) is 0.143. The lowest BCUT2D eigenvalue weighted by atomic mass is 9.93. The summed E-state index contributed by atoms with van der Waals surface area (Å²) in [5, 5.41) is 28.1. The van der Waals surface area contributed by atoms with Crippen LogP contribution in [0.5, 0.6) is 0 Å². The van der Waals surface area contributed by atoms with Gasteiger partial charge in [-0.25, -0.2) is 9.59 Å². The normalized spacial score (nSPS) is 21.3. The molecule has 0 radical (unpaired) electrons.